The Morgan fingerprint density at radius 1 is 1.03 bits per heavy atom. The molecule has 2 aromatic rings. The van der Waals surface area contributed by atoms with Crippen LogP contribution in [0.15, 0.2) is 53.5 Å². The standard InChI is InChI=1S/C24H32N6O2.HI/c1-2-25-24(29-15-13-28(14-16-29)21-5-3-4-6-22(21)31)27-17-19-7-9-20(10-8-19)30-12-11-26-23(32)18-30;/h3-10,31H,2,11-18H2,1H3,(H,25,27)(H,26,32);1H. The zero-order valence-corrected chi connectivity index (χ0v) is 21.4. The van der Waals surface area contributed by atoms with Gasteiger partial charge >= 0.3 is 0 Å². The van der Waals surface area contributed by atoms with E-state index in [1.807, 2.05) is 18.2 Å². The van der Waals surface area contributed by atoms with E-state index in [0.717, 1.165) is 62.2 Å². The molecular formula is C24H33IN6O2. The van der Waals surface area contributed by atoms with Gasteiger partial charge in [0.15, 0.2) is 5.96 Å². The molecule has 0 radical (unpaired) electrons. The van der Waals surface area contributed by atoms with Gasteiger partial charge in [-0.25, -0.2) is 4.99 Å². The third kappa shape index (κ3) is 6.43. The van der Waals surface area contributed by atoms with Crippen molar-refractivity contribution in [1.82, 2.24) is 15.5 Å². The molecule has 4 rings (SSSR count). The number of aliphatic imine (C=N–C) groups is 1. The molecule has 8 nitrogen and oxygen atoms in total. The van der Waals surface area contributed by atoms with Gasteiger partial charge in [0, 0.05) is 51.5 Å². The highest BCUT2D eigenvalue weighted by Crippen LogP contribution is 2.27. The normalized spacial score (nSPS) is 16.8. The molecule has 1 amide bonds. The summed E-state index contributed by atoms with van der Waals surface area (Å²) in [6, 6.07) is 15.8. The number of nitrogens with one attached hydrogen (secondary N) is 2. The predicted octanol–water partition coefficient (Wildman–Crippen LogP) is 2.23. The Kier molecular flexibility index (Phi) is 9.04. The number of amides is 1. The van der Waals surface area contributed by atoms with Crippen molar-refractivity contribution in [3.05, 3.63) is 54.1 Å². The number of phenols is 1. The summed E-state index contributed by atoms with van der Waals surface area (Å²) in [7, 11) is 0. The van der Waals surface area contributed by atoms with Gasteiger partial charge in [0.05, 0.1) is 18.8 Å². The van der Waals surface area contributed by atoms with Crippen LogP contribution in [0.25, 0.3) is 0 Å². The third-order valence-electron chi connectivity index (χ3n) is 5.89. The van der Waals surface area contributed by atoms with Crippen LogP contribution in [0.4, 0.5) is 11.4 Å². The Balaban J connectivity index is 0.00000306. The fraction of sp³-hybridized carbons (Fsp3) is 0.417. The van der Waals surface area contributed by atoms with Crippen molar-refractivity contribution >= 4 is 47.2 Å². The van der Waals surface area contributed by atoms with Gasteiger partial charge in [0.2, 0.25) is 5.91 Å². The summed E-state index contributed by atoms with van der Waals surface area (Å²) in [4.78, 5) is 23.1. The molecule has 2 aliphatic heterocycles. The van der Waals surface area contributed by atoms with Crippen molar-refractivity contribution in [1.29, 1.82) is 0 Å². The number of hydrogen-bond donors (Lipinski definition) is 3. The number of carbonyl (C=O) groups excluding carboxylic acids is 1. The highest BCUT2D eigenvalue weighted by Gasteiger charge is 2.21. The van der Waals surface area contributed by atoms with Gasteiger partial charge in [-0.05, 0) is 36.8 Å². The van der Waals surface area contributed by atoms with E-state index >= 15 is 0 Å². The molecule has 2 fully saturated rings. The van der Waals surface area contributed by atoms with Gasteiger partial charge < -0.3 is 30.4 Å². The van der Waals surface area contributed by atoms with Gasteiger partial charge in [-0.1, -0.05) is 24.3 Å². The van der Waals surface area contributed by atoms with Gasteiger partial charge in [-0.15, -0.1) is 24.0 Å². The number of hydrogen-bond acceptors (Lipinski definition) is 5. The Hall–Kier alpha value is -2.69. The van der Waals surface area contributed by atoms with E-state index in [-0.39, 0.29) is 29.9 Å². The Bertz CT molecular complexity index is 944. The van der Waals surface area contributed by atoms with Crippen LogP contribution in [-0.4, -0.2) is 74.2 Å². The second-order valence-electron chi connectivity index (χ2n) is 8.07. The molecule has 2 aromatic carbocycles. The summed E-state index contributed by atoms with van der Waals surface area (Å²) >= 11 is 0. The van der Waals surface area contributed by atoms with Gasteiger partial charge in [-0.3, -0.25) is 4.79 Å². The molecule has 2 saturated heterocycles. The molecule has 0 spiro atoms. The molecule has 2 aliphatic rings. The van der Waals surface area contributed by atoms with Crippen molar-refractivity contribution in [2.75, 3.05) is 62.2 Å². The SMILES string of the molecule is CCNC(=NCc1ccc(N2CCNC(=O)C2)cc1)N1CCN(c2ccccc2O)CC1.I. The number of rotatable bonds is 5. The van der Waals surface area contributed by atoms with Gasteiger partial charge in [0.1, 0.15) is 5.75 Å². The first-order chi connectivity index (χ1) is 15.6. The van der Waals surface area contributed by atoms with E-state index in [9.17, 15) is 9.90 Å². The van der Waals surface area contributed by atoms with Crippen molar-refractivity contribution in [3.63, 3.8) is 0 Å². The molecule has 0 saturated carbocycles. The minimum Gasteiger partial charge on any atom is -0.506 e. The summed E-state index contributed by atoms with van der Waals surface area (Å²) in [5.41, 5.74) is 3.10. The average molecular weight is 564 g/mol. The van der Waals surface area contributed by atoms with E-state index in [4.69, 9.17) is 4.99 Å². The van der Waals surface area contributed by atoms with Crippen molar-refractivity contribution in [3.8, 4) is 5.75 Å². The summed E-state index contributed by atoms with van der Waals surface area (Å²) < 4.78 is 0. The van der Waals surface area contributed by atoms with E-state index in [0.29, 0.717) is 25.4 Å². The van der Waals surface area contributed by atoms with Crippen LogP contribution >= 0.6 is 24.0 Å². The molecular weight excluding hydrogens is 531 g/mol. The number of phenolic OH excluding ortho intramolecular Hbond substituents is 1. The second kappa shape index (κ2) is 12.0. The monoisotopic (exact) mass is 564 g/mol. The number of carbonyl (C=O) groups is 1. The molecule has 0 aliphatic carbocycles. The number of nitrogens with zero attached hydrogens (tertiary/aromatic N) is 4. The number of guanidine groups is 1. The first kappa shape index (κ1) is 24.9. The highest BCUT2D eigenvalue weighted by molar-refractivity contribution is 14.0. The molecule has 0 atom stereocenters. The quantitative estimate of drug-likeness (QED) is 0.294. The maximum Gasteiger partial charge on any atom is 0.239 e. The summed E-state index contributed by atoms with van der Waals surface area (Å²) in [6.45, 7) is 8.78. The maximum absolute atomic E-state index is 11.6. The number of anilines is 2. The van der Waals surface area contributed by atoms with Crippen molar-refractivity contribution in [2.24, 2.45) is 4.99 Å². The summed E-state index contributed by atoms with van der Waals surface area (Å²) in [6.07, 6.45) is 0. The van der Waals surface area contributed by atoms with E-state index in [2.05, 4.69) is 56.5 Å². The first-order valence-electron chi connectivity index (χ1n) is 11.3. The molecule has 3 N–H and O–H groups in total. The number of benzene rings is 2. The van der Waals surface area contributed by atoms with Crippen LogP contribution in [0.5, 0.6) is 5.75 Å². The van der Waals surface area contributed by atoms with Crippen LogP contribution in [0.2, 0.25) is 0 Å². The number of halogens is 1. The van der Waals surface area contributed by atoms with Crippen LogP contribution in [-0.2, 0) is 11.3 Å². The lowest BCUT2D eigenvalue weighted by Gasteiger charge is -2.37. The zero-order valence-electron chi connectivity index (χ0n) is 19.0. The van der Waals surface area contributed by atoms with Gasteiger partial charge in [-0.2, -0.15) is 0 Å². The Labute approximate surface area is 212 Å². The molecule has 9 heteroatoms. The third-order valence-corrected chi connectivity index (χ3v) is 5.89. The molecule has 0 aromatic heterocycles. The van der Waals surface area contributed by atoms with E-state index in [1.165, 1.54) is 0 Å². The van der Waals surface area contributed by atoms with Crippen molar-refractivity contribution in [2.45, 2.75) is 13.5 Å². The lowest BCUT2D eigenvalue weighted by molar-refractivity contribution is -0.120. The first-order valence-corrected chi connectivity index (χ1v) is 11.3. The maximum atomic E-state index is 11.6. The van der Waals surface area contributed by atoms with Crippen molar-refractivity contribution < 1.29 is 9.90 Å². The molecule has 33 heavy (non-hydrogen) atoms. The largest absolute Gasteiger partial charge is 0.506 e. The number of aromatic hydroxyl groups is 1. The Morgan fingerprint density at radius 3 is 2.42 bits per heavy atom. The fourth-order valence-corrected chi connectivity index (χ4v) is 4.15. The number of piperazine rings is 2. The fourth-order valence-electron chi connectivity index (χ4n) is 4.15. The topological polar surface area (TPSA) is 83.4 Å². The smallest absolute Gasteiger partial charge is 0.239 e. The van der Waals surface area contributed by atoms with Crippen LogP contribution in [0.1, 0.15) is 12.5 Å². The van der Waals surface area contributed by atoms with Crippen LogP contribution in [0, 0.1) is 0 Å². The minimum absolute atomic E-state index is 0. The average Bonchev–Trinajstić information content (AvgIpc) is 2.83. The van der Waals surface area contributed by atoms with Crippen LogP contribution in [0.3, 0.4) is 0 Å². The van der Waals surface area contributed by atoms with E-state index < -0.39 is 0 Å². The van der Waals surface area contributed by atoms with E-state index in [1.54, 1.807) is 6.07 Å². The zero-order chi connectivity index (χ0) is 22.3. The minimum atomic E-state index is 0. The lowest BCUT2D eigenvalue weighted by Crippen LogP contribution is -2.52. The molecule has 178 valence electrons. The molecule has 0 unspecified atom stereocenters. The lowest BCUT2D eigenvalue weighted by atomic mass is 10.2. The molecule has 2 heterocycles. The number of para-hydroxylation sites is 2. The summed E-state index contributed by atoms with van der Waals surface area (Å²) in [5, 5.41) is 16.4. The Morgan fingerprint density at radius 2 is 1.76 bits per heavy atom. The molecule has 0 bridgehead atoms. The second-order valence-corrected chi connectivity index (χ2v) is 8.07. The predicted molar refractivity (Wildman–Crippen MR) is 144 cm³/mol. The highest BCUT2D eigenvalue weighted by atomic mass is 127. The van der Waals surface area contributed by atoms with Crippen LogP contribution < -0.4 is 20.4 Å². The summed E-state index contributed by atoms with van der Waals surface area (Å²) in [5.74, 6) is 1.32. The van der Waals surface area contributed by atoms with Gasteiger partial charge in [0.25, 0.3) is 0 Å².